The maximum atomic E-state index is 12.3. The molecule has 1 atom stereocenters. The van der Waals surface area contributed by atoms with Crippen LogP contribution in [0.5, 0.6) is 5.75 Å². The lowest BCUT2D eigenvalue weighted by Crippen LogP contribution is -2.39. The second kappa shape index (κ2) is 7.00. The van der Waals surface area contributed by atoms with Gasteiger partial charge in [-0.25, -0.2) is 4.98 Å². The fraction of sp³-hybridized carbons (Fsp3) is 0.353. The first-order valence-corrected chi connectivity index (χ1v) is 8.24. The molecule has 1 aromatic carbocycles. The molecular weight excluding hydrogens is 328 g/mol. The van der Waals surface area contributed by atoms with Crippen LogP contribution in [0.2, 0.25) is 0 Å². The van der Waals surface area contributed by atoms with Gasteiger partial charge >= 0.3 is 5.97 Å². The molecule has 0 aliphatic heterocycles. The molecule has 0 radical (unpaired) electrons. The minimum Gasteiger partial charge on any atom is -0.496 e. The van der Waals surface area contributed by atoms with Crippen molar-refractivity contribution >= 4 is 28.3 Å². The number of nitrogens with one attached hydrogen (secondary N) is 1. The fourth-order valence-electron chi connectivity index (χ4n) is 2.36. The number of aromatic nitrogens is 1. The number of carboxylic acids is 1. The third kappa shape index (κ3) is 3.91. The number of rotatable bonds is 5. The van der Waals surface area contributed by atoms with Crippen LogP contribution in [0.4, 0.5) is 5.13 Å². The summed E-state index contributed by atoms with van der Waals surface area (Å²) in [5.41, 5.74) is 0.774. The number of carbonyl (C=O) groups is 2. The number of hydrogen-bond donors (Lipinski definition) is 2. The zero-order valence-corrected chi connectivity index (χ0v) is 14.8. The SMILES string of the molecule is COc1ccccc1-c1csc(NC(=O)C(C(=O)O)C(C)(C)C)n1. The summed E-state index contributed by atoms with van der Waals surface area (Å²) in [6, 6.07) is 7.43. The lowest BCUT2D eigenvalue weighted by molar-refractivity contribution is -0.149. The molecule has 24 heavy (non-hydrogen) atoms. The molecule has 2 aromatic rings. The number of ether oxygens (including phenoxy) is 1. The standard InChI is InChI=1S/C17H20N2O4S/c1-17(2,3)13(15(21)22)14(20)19-16-18-11(9-24-16)10-7-5-6-8-12(10)23-4/h5-9,13H,1-4H3,(H,21,22)(H,18,19,20). The maximum absolute atomic E-state index is 12.3. The quantitative estimate of drug-likeness (QED) is 0.807. The van der Waals surface area contributed by atoms with Gasteiger partial charge in [-0.2, -0.15) is 0 Å². The molecule has 0 bridgehead atoms. The van der Waals surface area contributed by atoms with Gasteiger partial charge in [-0.15, -0.1) is 11.3 Å². The molecule has 0 spiro atoms. The minimum absolute atomic E-state index is 0.358. The number of hydrogen-bond acceptors (Lipinski definition) is 5. The molecule has 128 valence electrons. The Balaban J connectivity index is 2.22. The first-order valence-electron chi connectivity index (χ1n) is 7.36. The second-order valence-corrected chi connectivity index (χ2v) is 7.22. The van der Waals surface area contributed by atoms with E-state index in [-0.39, 0.29) is 0 Å². The summed E-state index contributed by atoms with van der Waals surface area (Å²) in [5, 5.41) is 14.1. The van der Waals surface area contributed by atoms with E-state index in [2.05, 4.69) is 10.3 Å². The molecule has 0 saturated heterocycles. The first-order chi connectivity index (χ1) is 11.2. The number of para-hydroxylation sites is 1. The van der Waals surface area contributed by atoms with E-state index in [1.54, 1.807) is 33.3 Å². The number of anilines is 1. The van der Waals surface area contributed by atoms with E-state index in [0.717, 1.165) is 5.56 Å². The lowest BCUT2D eigenvalue weighted by atomic mass is 9.80. The van der Waals surface area contributed by atoms with E-state index in [0.29, 0.717) is 16.6 Å². The van der Waals surface area contributed by atoms with E-state index in [4.69, 9.17) is 4.74 Å². The molecule has 7 heteroatoms. The number of thiazole rings is 1. The number of benzene rings is 1. The van der Waals surface area contributed by atoms with E-state index in [1.807, 2.05) is 24.3 Å². The van der Waals surface area contributed by atoms with Crippen molar-refractivity contribution < 1.29 is 19.4 Å². The zero-order valence-electron chi connectivity index (χ0n) is 14.0. The van der Waals surface area contributed by atoms with Crippen LogP contribution in [0.1, 0.15) is 20.8 Å². The topological polar surface area (TPSA) is 88.5 Å². The Labute approximate surface area is 144 Å². The van der Waals surface area contributed by atoms with Gasteiger partial charge in [0.15, 0.2) is 5.13 Å². The van der Waals surface area contributed by atoms with E-state index < -0.39 is 23.2 Å². The van der Waals surface area contributed by atoms with E-state index >= 15 is 0 Å². The molecule has 1 amide bonds. The molecule has 0 saturated carbocycles. The average Bonchev–Trinajstić information content (AvgIpc) is 2.93. The van der Waals surface area contributed by atoms with Gasteiger partial charge in [0.1, 0.15) is 11.7 Å². The van der Waals surface area contributed by atoms with E-state index in [1.165, 1.54) is 11.3 Å². The number of methoxy groups -OCH3 is 1. The number of nitrogens with zero attached hydrogens (tertiary/aromatic N) is 1. The molecule has 0 aliphatic rings. The third-order valence-corrected chi connectivity index (χ3v) is 4.25. The highest BCUT2D eigenvalue weighted by Crippen LogP contribution is 2.33. The monoisotopic (exact) mass is 348 g/mol. The first kappa shape index (κ1) is 17.9. The zero-order chi connectivity index (χ0) is 17.9. The number of aliphatic carboxylic acids is 1. The van der Waals surface area contributed by atoms with Crippen molar-refractivity contribution in [2.45, 2.75) is 20.8 Å². The van der Waals surface area contributed by atoms with Crippen molar-refractivity contribution in [3.63, 3.8) is 0 Å². The summed E-state index contributed by atoms with van der Waals surface area (Å²) < 4.78 is 5.30. The van der Waals surface area contributed by atoms with Gasteiger partial charge < -0.3 is 15.2 Å². The summed E-state index contributed by atoms with van der Waals surface area (Å²) in [5.74, 6) is -2.20. The van der Waals surface area contributed by atoms with Crippen LogP contribution >= 0.6 is 11.3 Å². The van der Waals surface area contributed by atoms with Crippen LogP contribution in [-0.4, -0.2) is 29.1 Å². The molecule has 6 nitrogen and oxygen atoms in total. The molecular formula is C17H20N2O4S. The van der Waals surface area contributed by atoms with Crippen LogP contribution in [0, 0.1) is 11.3 Å². The Kier molecular flexibility index (Phi) is 5.23. The lowest BCUT2D eigenvalue weighted by Gasteiger charge is -2.25. The normalized spacial score (nSPS) is 12.5. The number of carboxylic acid groups (broad SMARTS) is 1. The van der Waals surface area contributed by atoms with Crippen LogP contribution in [0.15, 0.2) is 29.6 Å². The van der Waals surface area contributed by atoms with Crippen molar-refractivity contribution in [1.82, 2.24) is 4.98 Å². The van der Waals surface area contributed by atoms with Crippen molar-refractivity contribution in [3.8, 4) is 17.0 Å². The average molecular weight is 348 g/mol. The van der Waals surface area contributed by atoms with Crippen molar-refractivity contribution in [2.24, 2.45) is 11.3 Å². The highest BCUT2D eigenvalue weighted by molar-refractivity contribution is 7.14. The summed E-state index contributed by atoms with van der Waals surface area (Å²) >= 11 is 1.24. The van der Waals surface area contributed by atoms with Crippen molar-refractivity contribution in [1.29, 1.82) is 0 Å². The van der Waals surface area contributed by atoms with Crippen molar-refractivity contribution in [3.05, 3.63) is 29.6 Å². The Morgan fingerprint density at radius 3 is 2.54 bits per heavy atom. The van der Waals surface area contributed by atoms with Gasteiger partial charge in [-0.3, -0.25) is 9.59 Å². The number of carbonyl (C=O) groups excluding carboxylic acids is 1. The highest BCUT2D eigenvalue weighted by atomic mass is 32.1. The van der Waals surface area contributed by atoms with Crippen LogP contribution in [0.3, 0.4) is 0 Å². The number of amides is 1. The van der Waals surface area contributed by atoms with Gasteiger partial charge in [0, 0.05) is 10.9 Å². The molecule has 2 N–H and O–H groups in total. The van der Waals surface area contributed by atoms with Crippen LogP contribution in [0.25, 0.3) is 11.3 Å². The summed E-state index contributed by atoms with van der Waals surface area (Å²) in [6.45, 7) is 5.15. The van der Waals surface area contributed by atoms with Gasteiger partial charge in [0.2, 0.25) is 5.91 Å². The third-order valence-electron chi connectivity index (χ3n) is 3.49. The second-order valence-electron chi connectivity index (χ2n) is 6.36. The van der Waals surface area contributed by atoms with Gasteiger partial charge in [0.05, 0.1) is 12.8 Å². The molecule has 1 unspecified atom stereocenters. The molecule has 1 aromatic heterocycles. The van der Waals surface area contributed by atoms with Crippen LogP contribution < -0.4 is 10.1 Å². The summed E-state index contributed by atoms with van der Waals surface area (Å²) in [7, 11) is 1.58. The minimum atomic E-state index is -1.16. The summed E-state index contributed by atoms with van der Waals surface area (Å²) in [6.07, 6.45) is 0. The predicted octanol–water partition coefficient (Wildman–Crippen LogP) is 3.50. The molecule has 0 fully saturated rings. The van der Waals surface area contributed by atoms with Gasteiger partial charge in [-0.05, 0) is 17.5 Å². The Morgan fingerprint density at radius 2 is 1.96 bits per heavy atom. The Bertz CT molecular complexity index is 749. The molecule has 1 heterocycles. The maximum Gasteiger partial charge on any atom is 0.316 e. The predicted molar refractivity (Wildman–Crippen MR) is 93.3 cm³/mol. The van der Waals surface area contributed by atoms with Crippen LogP contribution in [-0.2, 0) is 9.59 Å². The van der Waals surface area contributed by atoms with E-state index in [9.17, 15) is 14.7 Å². The smallest absolute Gasteiger partial charge is 0.316 e. The summed E-state index contributed by atoms with van der Waals surface area (Å²) in [4.78, 5) is 28.1. The Hall–Kier alpha value is -2.41. The van der Waals surface area contributed by atoms with Crippen molar-refractivity contribution in [2.75, 3.05) is 12.4 Å². The molecule has 2 rings (SSSR count). The highest BCUT2D eigenvalue weighted by Gasteiger charge is 2.38. The largest absolute Gasteiger partial charge is 0.496 e. The fourth-order valence-corrected chi connectivity index (χ4v) is 3.08. The van der Waals surface area contributed by atoms with Gasteiger partial charge in [0.25, 0.3) is 0 Å². The Morgan fingerprint density at radius 1 is 1.29 bits per heavy atom. The van der Waals surface area contributed by atoms with Gasteiger partial charge in [-0.1, -0.05) is 32.9 Å². The molecule has 0 aliphatic carbocycles.